The lowest BCUT2D eigenvalue weighted by molar-refractivity contribution is -0.144. The van der Waals surface area contributed by atoms with E-state index in [4.69, 9.17) is 18.9 Å². The van der Waals surface area contributed by atoms with Crippen molar-refractivity contribution in [3.05, 3.63) is 41.6 Å². The van der Waals surface area contributed by atoms with Crippen LogP contribution in [0.5, 0.6) is 11.5 Å². The summed E-state index contributed by atoms with van der Waals surface area (Å²) in [5.41, 5.74) is -4.41. The first-order valence-corrected chi connectivity index (χ1v) is 26.8. The number of pyridine rings is 1. The normalized spacial score (nSPS) is 32.4. The highest BCUT2D eigenvalue weighted by molar-refractivity contribution is 7.91. The van der Waals surface area contributed by atoms with E-state index in [1.54, 1.807) is 24.3 Å². The molecule has 4 amide bonds. The summed E-state index contributed by atoms with van der Waals surface area (Å²) in [6.07, 6.45) is 4.87. The van der Waals surface area contributed by atoms with Gasteiger partial charge in [-0.1, -0.05) is 50.7 Å². The molecule has 2 spiro atoms. The molecule has 7 heterocycles. The highest BCUT2D eigenvalue weighted by Gasteiger charge is 2.62. The molecule has 2 bridgehead atoms. The molecule has 10 rings (SSSR count). The molecule has 6 aliphatic heterocycles. The summed E-state index contributed by atoms with van der Waals surface area (Å²) in [6, 6.07) is 2.69. The number of hydrogen-bond acceptors (Lipinski definition) is 12. The van der Waals surface area contributed by atoms with Gasteiger partial charge in [-0.3, -0.25) is 19.3 Å². The molecule has 20 heteroatoms. The molecule has 8 atom stereocenters. The summed E-state index contributed by atoms with van der Waals surface area (Å²) in [6.45, 7) is 7.74. The fraction of sp³-hybridized carbons (Fsp3) is 0.667. The van der Waals surface area contributed by atoms with Gasteiger partial charge >= 0.3 is 12.3 Å². The molecule has 4 saturated heterocycles. The predicted molar refractivity (Wildman–Crippen MR) is 252 cm³/mol. The van der Waals surface area contributed by atoms with Crippen LogP contribution < -0.4 is 24.8 Å². The molecule has 2 aromatic rings. The number of benzene rings is 1. The zero-order valence-corrected chi connectivity index (χ0v) is 41.3. The first kappa shape index (κ1) is 49.4. The van der Waals surface area contributed by atoms with Crippen molar-refractivity contribution in [2.45, 2.75) is 156 Å². The van der Waals surface area contributed by atoms with Crippen LogP contribution in [0.3, 0.4) is 0 Å². The number of nitrogens with one attached hydrogen (secondary N) is 3. The van der Waals surface area contributed by atoms with E-state index >= 15 is 13.2 Å². The Labute approximate surface area is 411 Å². The summed E-state index contributed by atoms with van der Waals surface area (Å²) >= 11 is 0. The number of ether oxygens (including phenoxy) is 4. The summed E-state index contributed by atoms with van der Waals surface area (Å²) < 4.78 is 97.2. The number of halogens is 3. The van der Waals surface area contributed by atoms with E-state index in [-0.39, 0.29) is 61.4 Å². The third-order valence-electron chi connectivity index (χ3n) is 16.3. The van der Waals surface area contributed by atoms with Crippen LogP contribution in [0.2, 0.25) is 0 Å². The molecular weight excluding hydrogens is 946 g/mol. The summed E-state index contributed by atoms with van der Waals surface area (Å²) in [4.78, 5) is 65.1. The van der Waals surface area contributed by atoms with Gasteiger partial charge in [0.05, 0.1) is 54.7 Å². The van der Waals surface area contributed by atoms with Crippen molar-refractivity contribution in [3.63, 3.8) is 0 Å². The smallest absolute Gasteiger partial charge is 0.437 e. The molecule has 2 aliphatic carbocycles. The molecular formula is C51H63F3N6O10S. The maximum Gasteiger partial charge on any atom is 0.437 e. The van der Waals surface area contributed by atoms with Crippen molar-refractivity contribution in [1.82, 2.24) is 30.1 Å². The van der Waals surface area contributed by atoms with Gasteiger partial charge in [0.25, 0.3) is 5.91 Å². The topological polar surface area (TPSA) is 195 Å². The number of rotatable bonds is 11. The van der Waals surface area contributed by atoms with Gasteiger partial charge in [0.15, 0.2) is 17.0 Å². The first-order chi connectivity index (χ1) is 33.8. The summed E-state index contributed by atoms with van der Waals surface area (Å²) in [7, 11) is -4.19. The quantitative estimate of drug-likeness (QED) is 0.142. The maximum atomic E-state index is 15.1. The number of carbonyl (C=O) groups is 4. The zero-order valence-electron chi connectivity index (χ0n) is 40.5. The number of amides is 4. The van der Waals surface area contributed by atoms with E-state index in [9.17, 15) is 27.6 Å². The number of allylic oxidation sites excluding steroid dienone is 1. The minimum absolute atomic E-state index is 0.0109. The molecule has 3 unspecified atom stereocenters. The molecule has 3 N–H and O–H groups in total. The zero-order chi connectivity index (χ0) is 50.1. The van der Waals surface area contributed by atoms with Gasteiger partial charge in [-0.25, -0.2) is 22.9 Å². The molecule has 5 fully saturated rings. The van der Waals surface area contributed by atoms with E-state index in [2.05, 4.69) is 37.1 Å². The second-order valence-corrected chi connectivity index (χ2v) is 23.9. The molecule has 1 saturated carbocycles. The van der Waals surface area contributed by atoms with E-state index in [1.165, 1.54) is 30.7 Å². The van der Waals surface area contributed by atoms with Gasteiger partial charge in [0.1, 0.15) is 23.4 Å². The number of sulfonamides is 1. The van der Waals surface area contributed by atoms with Crippen molar-refractivity contribution >= 4 is 44.7 Å². The van der Waals surface area contributed by atoms with Gasteiger partial charge in [0.2, 0.25) is 21.8 Å². The fourth-order valence-electron chi connectivity index (χ4n) is 11.9. The van der Waals surface area contributed by atoms with Crippen LogP contribution in [0.1, 0.15) is 115 Å². The van der Waals surface area contributed by atoms with Gasteiger partial charge in [-0.2, -0.15) is 13.2 Å². The standard InChI is InChI=1S/C51H63F3N6O10S/c1-31(2)27-69-46(64)56-39-11-8-6-4-5-7-10-32-16-19-50(32,45(63)58-71(65,66)47(3)20-21-47)57-43(61)40-26-48(29-59(40)44(39)62)18-17-36-37-24-35(14-15-38(37)55-42(41(36)70-48)51(52,53)54)68-23-9-22-60-34-13-12-33-28-67-30-49(33,60)25-34/h7,10,14-15,24,31-34,39-40H,4-6,8-9,11-13,17-18,20-23,25-30H2,1-3H3,(H,56,64)(H,57,61)(H,58,63)/b10-7-/t32-,33?,34?,39+,40+,48-,49?,50-/m1/s1. The van der Waals surface area contributed by atoms with Gasteiger partial charge in [-0.15, -0.1) is 0 Å². The number of aryl methyl sites for hydroxylation is 1. The van der Waals surface area contributed by atoms with Crippen LogP contribution in [0.4, 0.5) is 18.0 Å². The maximum absolute atomic E-state index is 15.1. The molecule has 16 nitrogen and oxygen atoms in total. The second-order valence-electron chi connectivity index (χ2n) is 21.7. The minimum atomic E-state index is -4.96. The Hall–Kier alpha value is -5.13. The fourth-order valence-corrected chi connectivity index (χ4v) is 13.2. The van der Waals surface area contributed by atoms with Crippen molar-refractivity contribution in [3.8, 4) is 23.3 Å². The number of nitrogens with zero attached hydrogens (tertiary/aromatic N) is 3. The van der Waals surface area contributed by atoms with Crippen LogP contribution >= 0.6 is 0 Å². The van der Waals surface area contributed by atoms with Gasteiger partial charge in [-0.05, 0) is 102 Å². The van der Waals surface area contributed by atoms with E-state index < -0.39 is 85.3 Å². The van der Waals surface area contributed by atoms with Crippen molar-refractivity contribution in [1.29, 1.82) is 0 Å². The molecule has 71 heavy (non-hydrogen) atoms. The number of alkyl carbamates (subject to hydrolysis) is 1. The Kier molecular flexibility index (Phi) is 12.8. The van der Waals surface area contributed by atoms with E-state index in [0.29, 0.717) is 68.2 Å². The third kappa shape index (κ3) is 9.10. The van der Waals surface area contributed by atoms with Crippen LogP contribution in [-0.2, 0) is 46.5 Å². The molecule has 8 aliphatic rings. The Balaban J connectivity index is 0.946. The SMILES string of the molecule is CC(C)COC(=O)N[C@H]1CCCCC/C=C\[C@@H]2C#C[C@@]2(C(=O)NS(=O)(=O)C2(C)CC2)NC(=O)[C@@H]2C[C@]3(CCc4c(c(C(F)(F)F)nc5ccc(OCCCN6C7CCC8COCC86C7)cc45)O3)CN2C1=O. The molecule has 0 radical (unpaired) electrons. The van der Waals surface area contributed by atoms with Crippen LogP contribution in [0.25, 0.3) is 10.9 Å². The molecule has 1 aromatic carbocycles. The van der Waals surface area contributed by atoms with Crippen LogP contribution in [0, 0.1) is 29.6 Å². The van der Waals surface area contributed by atoms with Crippen LogP contribution in [0.15, 0.2) is 30.4 Å². The van der Waals surface area contributed by atoms with E-state index in [1.807, 2.05) is 13.8 Å². The molecule has 384 valence electrons. The lowest BCUT2D eigenvalue weighted by atomic mass is 9.63. The summed E-state index contributed by atoms with van der Waals surface area (Å²) in [5.74, 6) is 2.50. The lowest BCUT2D eigenvalue weighted by Crippen LogP contribution is -2.72. The highest BCUT2D eigenvalue weighted by Crippen LogP contribution is 2.54. The van der Waals surface area contributed by atoms with Crippen molar-refractivity contribution < 1.29 is 59.7 Å². The number of hydrogen-bond donors (Lipinski definition) is 3. The van der Waals surface area contributed by atoms with Crippen LogP contribution in [-0.4, -0.2) is 126 Å². The average molecular weight is 1010 g/mol. The van der Waals surface area contributed by atoms with Gasteiger partial charge < -0.3 is 34.5 Å². The minimum Gasteiger partial charge on any atom is -0.494 e. The first-order valence-electron chi connectivity index (χ1n) is 25.3. The Bertz CT molecular complexity index is 2700. The number of carbonyl (C=O) groups excluding carboxylic acids is 4. The number of fused-ring (bicyclic) bond motifs is 6. The predicted octanol–water partition coefficient (Wildman–Crippen LogP) is 5.70. The number of aromatic nitrogens is 1. The average Bonchev–Trinajstić information content (AvgIpc) is 3.73. The van der Waals surface area contributed by atoms with Crippen molar-refractivity contribution in [2.75, 3.05) is 39.5 Å². The largest absolute Gasteiger partial charge is 0.494 e. The molecule has 1 aromatic heterocycles. The van der Waals surface area contributed by atoms with E-state index in [0.717, 1.165) is 32.6 Å². The monoisotopic (exact) mass is 1010 g/mol. The highest BCUT2D eigenvalue weighted by atomic mass is 32.2. The Morgan fingerprint density at radius 1 is 1.08 bits per heavy atom. The Morgan fingerprint density at radius 3 is 2.65 bits per heavy atom. The van der Waals surface area contributed by atoms with Gasteiger partial charge in [0, 0.05) is 35.9 Å². The number of alkyl halides is 3. The third-order valence-corrected chi connectivity index (χ3v) is 18.5. The lowest BCUT2D eigenvalue weighted by Gasteiger charge is -2.63. The number of piperidine rings is 1. The summed E-state index contributed by atoms with van der Waals surface area (Å²) in [5, 5.41) is 5.81. The Morgan fingerprint density at radius 2 is 1.90 bits per heavy atom. The second kappa shape index (κ2) is 18.4. The van der Waals surface area contributed by atoms with Crippen molar-refractivity contribution in [2.24, 2.45) is 17.8 Å².